The molecule has 0 aromatic heterocycles. The number of carbonyl (C=O) groups excluding carboxylic acids is 1. The smallest absolute Gasteiger partial charge is 0.374 e. The molecule has 3 aromatic rings. The summed E-state index contributed by atoms with van der Waals surface area (Å²) in [7, 11) is 0. The maximum absolute atomic E-state index is 13.1. The second-order valence-electron chi connectivity index (χ2n) is 9.09. The van der Waals surface area contributed by atoms with Crippen molar-refractivity contribution in [3.63, 3.8) is 0 Å². The van der Waals surface area contributed by atoms with Crippen LogP contribution in [-0.2, 0) is 23.4 Å². The van der Waals surface area contributed by atoms with Gasteiger partial charge in [0, 0.05) is 32.7 Å². The number of benzene rings is 3. The highest BCUT2D eigenvalue weighted by molar-refractivity contribution is 5.78. The quantitative estimate of drug-likeness (QED) is 0.467. The van der Waals surface area contributed by atoms with Crippen molar-refractivity contribution in [2.24, 2.45) is 0 Å². The van der Waals surface area contributed by atoms with Gasteiger partial charge < -0.3 is 10.0 Å². The first-order chi connectivity index (χ1) is 17.2. The zero-order valence-corrected chi connectivity index (χ0v) is 19.7. The summed E-state index contributed by atoms with van der Waals surface area (Å²) in [4.78, 5) is 16.8. The molecular formula is C28H28F4N2O2. The van der Waals surface area contributed by atoms with Crippen LogP contribution in [0.15, 0.2) is 78.9 Å². The Balaban J connectivity index is 1.31. The molecule has 1 unspecified atom stereocenters. The van der Waals surface area contributed by atoms with Crippen LogP contribution in [0.2, 0.25) is 0 Å². The molecule has 0 radical (unpaired) electrons. The van der Waals surface area contributed by atoms with E-state index in [0.29, 0.717) is 25.1 Å². The Bertz CT molecular complexity index is 1140. The normalized spacial score (nSPS) is 16.5. The highest BCUT2D eigenvalue weighted by Crippen LogP contribution is 2.39. The van der Waals surface area contributed by atoms with Crippen LogP contribution in [0, 0.1) is 0 Å². The molecule has 0 bridgehead atoms. The number of halogens is 4. The average molecular weight is 501 g/mol. The van der Waals surface area contributed by atoms with E-state index in [9.17, 15) is 27.5 Å². The minimum Gasteiger partial charge on any atom is -0.374 e. The van der Waals surface area contributed by atoms with Gasteiger partial charge in [0.2, 0.25) is 11.5 Å². The fraction of sp³-hybridized carbons (Fsp3) is 0.321. The molecule has 1 aliphatic heterocycles. The van der Waals surface area contributed by atoms with Crippen molar-refractivity contribution in [2.45, 2.75) is 24.7 Å². The summed E-state index contributed by atoms with van der Waals surface area (Å²) in [6.45, 7) is 1.70. The molecule has 1 amide bonds. The monoisotopic (exact) mass is 500 g/mol. The standard InChI is InChI=1S/C28H28F4N2O2/c29-20-27(36,28(30,31)32)25-12-10-24(11-13-25)23-8-6-22(7-9-23)19-33-14-16-34(17-15-33)26(35)18-21-4-2-1-3-5-21/h1-13,36H,14-20H2. The lowest BCUT2D eigenvalue weighted by Crippen LogP contribution is -2.48. The zero-order chi connectivity index (χ0) is 25.8. The van der Waals surface area contributed by atoms with Crippen LogP contribution in [0.4, 0.5) is 17.6 Å². The molecule has 190 valence electrons. The topological polar surface area (TPSA) is 43.8 Å². The van der Waals surface area contributed by atoms with Crippen molar-refractivity contribution >= 4 is 5.91 Å². The number of piperazine rings is 1. The second kappa shape index (κ2) is 10.8. The molecule has 0 aliphatic carbocycles. The van der Waals surface area contributed by atoms with E-state index in [1.165, 1.54) is 12.1 Å². The number of hydrogen-bond donors (Lipinski definition) is 1. The van der Waals surface area contributed by atoms with E-state index in [1.54, 1.807) is 0 Å². The van der Waals surface area contributed by atoms with E-state index in [4.69, 9.17) is 0 Å². The van der Waals surface area contributed by atoms with Crippen molar-refractivity contribution < 1.29 is 27.5 Å². The summed E-state index contributed by atoms with van der Waals surface area (Å²) in [5.74, 6) is 0.136. The van der Waals surface area contributed by atoms with E-state index in [2.05, 4.69) is 4.90 Å². The Morgan fingerprint density at radius 3 is 1.86 bits per heavy atom. The average Bonchev–Trinajstić information content (AvgIpc) is 2.89. The van der Waals surface area contributed by atoms with Crippen LogP contribution in [0.25, 0.3) is 11.1 Å². The molecule has 1 heterocycles. The maximum Gasteiger partial charge on any atom is 0.424 e. The lowest BCUT2D eigenvalue weighted by Gasteiger charge is -2.35. The van der Waals surface area contributed by atoms with E-state index >= 15 is 0 Å². The molecule has 3 aromatic carbocycles. The Hall–Kier alpha value is -3.23. The molecule has 0 spiro atoms. The van der Waals surface area contributed by atoms with Crippen LogP contribution in [0.5, 0.6) is 0 Å². The van der Waals surface area contributed by atoms with Crippen molar-refractivity contribution in [2.75, 3.05) is 32.9 Å². The summed E-state index contributed by atoms with van der Waals surface area (Å²) in [5.41, 5.74) is -0.469. The Morgan fingerprint density at radius 1 is 0.778 bits per heavy atom. The summed E-state index contributed by atoms with van der Waals surface area (Å²) in [6, 6.07) is 22.5. The molecule has 4 rings (SSSR count). The van der Waals surface area contributed by atoms with Gasteiger partial charge in [-0.1, -0.05) is 78.9 Å². The van der Waals surface area contributed by atoms with Gasteiger partial charge in [0.25, 0.3) is 0 Å². The van der Waals surface area contributed by atoms with Gasteiger partial charge in [0.1, 0.15) is 6.67 Å². The molecular weight excluding hydrogens is 472 g/mol. The Labute approximate surface area is 207 Å². The highest BCUT2D eigenvalue weighted by atomic mass is 19.4. The molecule has 1 N–H and O–H groups in total. The second-order valence-corrected chi connectivity index (χ2v) is 9.09. The van der Waals surface area contributed by atoms with Crippen molar-refractivity contribution in [3.8, 4) is 11.1 Å². The van der Waals surface area contributed by atoms with Crippen LogP contribution in [-0.4, -0.2) is 59.8 Å². The highest BCUT2D eigenvalue weighted by Gasteiger charge is 2.55. The number of rotatable bonds is 7. The lowest BCUT2D eigenvalue weighted by atomic mass is 9.92. The number of hydrogen-bond acceptors (Lipinski definition) is 3. The number of nitrogens with zero attached hydrogens (tertiary/aromatic N) is 2. The fourth-order valence-electron chi connectivity index (χ4n) is 4.35. The molecule has 1 saturated heterocycles. The number of aliphatic hydroxyl groups is 1. The summed E-state index contributed by atoms with van der Waals surface area (Å²) in [5, 5.41) is 9.77. The molecule has 1 fully saturated rings. The van der Waals surface area contributed by atoms with Gasteiger partial charge in [-0.05, 0) is 27.8 Å². The third kappa shape index (κ3) is 5.77. The lowest BCUT2D eigenvalue weighted by molar-refractivity contribution is -0.271. The molecule has 36 heavy (non-hydrogen) atoms. The minimum absolute atomic E-state index is 0.136. The molecule has 1 aliphatic rings. The Morgan fingerprint density at radius 2 is 1.33 bits per heavy atom. The van der Waals surface area contributed by atoms with E-state index < -0.39 is 24.0 Å². The number of amides is 1. The van der Waals surface area contributed by atoms with Gasteiger partial charge in [-0.15, -0.1) is 0 Å². The van der Waals surface area contributed by atoms with Gasteiger partial charge in [-0.25, -0.2) is 4.39 Å². The largest absolute Gasteiger partial charge is 0.424 e. The van der Waals surface area contributed by atoms with Crippen LogP contribution in [0.1, 0.15) is 16.7 Å². The van der Waals surface area contributed by atoms with Crippen LogP contribution >= 0.6 is 0 Å². The summed E-state index contributed by atoms with van der Waals surface area (Å²) in [6.07, 6.45) is -4.70. The first-order valence-electron chi connectivity index (χ1n) is 11.8. The number of carbonyl (C=O) groups is 1. The van der Waals surface area contributed by atoms with Gasteiger partial charge in [0.15, 0.2) is 0 Å². The zero-order valence-electron chi connectivity index (χ0n) is 19.7. The van der Waals surface area contributed by atoms with Crippen LogP contribution in [0.3, 0.4) is 0 Å². The summed E-state index contributed by atoms with van der Waals surface area (Å²) < 4.78 is 52.3. The molecule has 1 atom stereocenters. The fourth-order valence-corrected chi connectivity index (χ4v) is 4.35. The first kappa shape index (κ1) is 25.9. The molecule has 4 nitrogen and oxygen atoms in total. The molecule has 0 saturated carbocycles. The van der Waals surface area contributed by atoms with Gasteiger partial charge in [0.05, 0.1) is 6.42 Å². The van der Waals surface area contributed by atoms with Crippen LogP contribution < -0.4 is 0 Å². The molecule has 8 heteroatoms. The minimum atomic E-state index is -5.11. The van der Waals surface area contributed by atoms with E-state index in [1.807, 2.05) is 59.5 Å². The van der Waals surface area contributed by atoms with Gasteiger partial charge in [-0.2, -0.15) is 13.2 Å². The predicted octanol–water partition coefficient (Wildman–Crippen LogP) is 4.96. The van der Waals surface area contributed by atoms with Gasteiger partial charge in [-0.3, -0.25) is 9.69 Å². The van der Waals surface area contributed by atoms with Crippen molar-refractivity contribution in [1.29, 1.82) is 0 Å². The predicted molar refractivity (Wildman–Crippen MR) is 130 cm³/mol. The third-order valence-corrected chi connectivity index (χ3v) is 6.64. The Kier molecular flexibility index (Phi) is 7.76. The summed E-state index contributed by atoms with van der Waals surface area (Å²) >= 11 is 0. The maximum atomic E-state index is 13.1. The van der Waals surface area contributed by atoms with Gasteiger partial charge >= 0.3 is 6.18 Å². The van der Waals surface area contributed by atoms with E-state index in [0.717, 1.165) is 48.5 Å². The van der Waals surface area contributed by atoms with Crippen molar-refractivity contribution in [1.82, 2.24) is 9.80 Å². The van der Waals surface area contributed by atoms with Crippen molar-refractivity contribution in [3.05, 3.63) is 95.6 Å². The first-order valence-corrected chi connectivity index (χ1v) is 11.8. The number of alkyl halides is 4. The third-order valence-electron chi connectivity index (χ3n) is 6.64. The SMILES string of the molecule is O=C(Cc1ccccc1)N1CCN(Cc2ccc(-c3ccc(C(O)(CF)C(F)(F)F)cc3)cc2)CC1. The van der Waals surface area contributed by atoms with E-state index in [-0.39, 0.29) is 5.91 Å².